The highest BCUT2D eigenvalue weighted by atomic mass is 16.1. The molecule has 0 saturated heterocycles. The largest absolute Gasteiger partial charge is 0.321 e. The molecule has 0 saturated carbocycles. The van der Waals surface area contributed by atoms with Crippen LogP contribution >= 0.6 is 0 Å². The molecule has 0 aliphatic heterocycles. The first-order chi connectivity index (χ1) is 4.72. The number of Topliss-reactive ketones (excluding diaryl/α,β-unsaturated/α-hetero) is 1. The second kappa shape index (κ2) is 5.11. The molecule has 0 aromatic rings. The Balaban J connectivity index is 3.58. The summed E-state index contributed by atoms with van der Waals surface area (Å²) in [5.74, 6) is -0.156. The third-order valence-electron chi connectivity index (χ3n) is 1.30. The number of nitrogens with two attached hydrogens (primary N) is 1. The minimum atomic E-state index is -0.435. The van der Waals surface area contributed by atoms with Gasteiger partial charge in [-0.3, -0.25) is 4.79 Å². The Morgan fingerprint density at radius 1 is 1.70 bits per heavy atom. The average molecular weight is 143 g/mol. The Kier molecular flexibility index (Phi) is 4.76. The van der Waals surface area contributed by atoms with Crippen molar-refractivity contribution in [2.45, 2.75) is 32.2 Å². The maximum atomic E-state index is 10.8. The van der Waals surface area contributed by atoms with E-state index in [1.54, 1.807) is 0 Å². The average Bonchev–Trinajstić information content (AvgIpc) is 1.89. The number of rotatable bonds is 5. The molecular weight excluding hydrogens is 130 g/mol. The normalized spacial score (nSPS) is 12.6. The van der Waals surface area contributed by atoms with Gasteiger partial charge in [-0.1, -0.05) is 13.3 Å². The van der Waals surface area contributed by atoms with Gasteiger partial charge in [0.15, 0.2) is 5.78 Å². The fraction of sp³-hybridized carbons (Fsp3) is 0.714. The van der Waals surface area contributed by atoms with Crippen LogP contribution in [0.4, 0.5) is 0 Å². The van der Waals surface area contributed by atoms with Crippen molar-refractivity contribution in [2.75, 3.05) is 0 Å². The third kappa shape index (κ3) is 3.35. The number of carbonyl (C=O) groups excluding carboxylic acids is 2. The highest BCUT2D eigenvalue weighted by Crippen LogP contribution is 1.95. The maximum absolute atomic E-state index is 10.8. The number of aldehydes is 1. The van der Waals surface area contributed by atoms with Gasteiger partial charge in [-0.25, -0.2) is 0 Å². The van der Waals surface area contributed by atoms with Gasteiger partial charge in [-0.15, -0.1) is 0 Å². The summed E-state index contributed by atoms with van der Waals surface area (Å²) in [7, 11) is 0. The van der Waals surface area contributed by atoms with Gasteiger partial charge in [0.2, 0.25) is 0 Å². The molecule has 0 aromatic heterocycles. The Morgan fingerprint density at radius 2 is 2.30 bits per heavy atom. The van der Waals surface area contributed by atoms with Crippen LogP contribution in [0.15, 0.2) is 0 Å². The molecule has 1 atom stereocenters. The molecule has 3 nitrogen and oxygen atoms in total. The summed E-state index contributed by atoms with van der Waals surface area (Å²) in [6.07, 6.45) is 2.11. The van der Waals surface area contributed by atoms with E-state index in [0.717, 1.165) is 6.42 Å². The van der Waals surface area contributed by atoms with Crippen molar-refractivity contribution in [1.29, 1.82) is 0 Å². The van der Waals surface area contributed by atoms with Crippen LogP contribution in [0.25, 0.3) is 0 Å². The SMILES string of the molecule is CCCC(N)C(=O)CC=O. The Morgan fingerprint density at radius 3 is 2.70 bits per heavy atom. The molecule has 0 bridgehead atoms. The Bertz CT molecular complexity index is 123. The maximum Gasteiger partial charge on any atom is 0.156 e. The topological polar surface area (TPSA) is 60.2 Å². The van der Waals surface area contributed by atoms with Crippen LogP contribution in [-0.4, -0.2) is 18.1 Å². The zero-order valence-corrected chi connectivity index (χ0v) is 6.17. The van der Waals surface area contributed by atoms with Crippen LogP contribution in [0.3, 0.4) is 0 Å². The van der Waals surface area contributed by atoms with Gasteiger partial charge in [0.05, 0.1) is 12.5 Å². The lowest BCUT2D eigenvalue weighted by molar-refractivity contribution is -0.123. The van der Waals surface area contributed by atoms with Gasteiger partial charge in [-0.2, -0.15) is 0 Å². The first-order valence-electron chi connectivity index (χ1n) is 3.44. The number of carbonyl (C=O) groups is 2. The lowest BCUT2D eigenvalue weighted by Crippen LogP contribution is -2.30. The van der Waals surface area contributed by atoms with Crippen molar-refractivity contribution >= 4 is 12.1 Å². The zero-order chi connectivity index (χ0) is 7.98. The van der Waals surface area contributed by atoms with Crippen LogP contribution in [0, 0.1) is 0 Å². The van der Waals surface area contributed by atoms with E-state index in [9.17, 15) is 9.59 Å². The lowest BCUT2D eigenvalue weighted by atomic mass is 10.1. The minimum Gasteiger partial charge on any atom is -0.321 e. The van der Waals surface area contributed by atoms with E-state index in [0.29, 0.717) is 12.7 Å². The fourth-order valence-corrected chi connectivity index (χ4v) is 0.705. The molecule has 0 rings (SSSR count). The lowest BCUT2D eigenvalue weighted by Gasteiger charge is -2.04. The summed E-state index contributed by atoms with van der Waals surface area (Å²) < 4.78 is 0. The zero-order valence-electron chi connectivity index (χ0n) is 6.17. The van der Waals surface area contributed by atoms with E-state index in [1.165, 1.54) is 0 Å². The summed E-state index contributed by atoms with van der Waals surface area (Å²) in [6, 6.07) is -0.435. The van der Waals surface area contributed by atoms with E-state index in [1.807, 2.05) is 6.92 Å². The van der Waals surface area contributed by atoms with Crippen molar-refractivity contribution in [3.8, 4) is 0 Å². The van der Waals surface area contributed by atoms with E-state index >= 15 is 0 Å². The quantitative estimate of drug-likeness (QED) is 0.444. The first kappa shape index (κ1) is 9.30. The van der Waals surface area contributed by atoms with Crippen LogP contribution in [0.1, 0.15) is 26.2 Å². The number of ketones is 1. The standard InChI is InChI=1S/C7H13NO2/c1-2-3-6(8)7(10)4-5-9/h5-6H,2-4,8H2,1H3. The molecule has 58 valence electrons. The highest BCUT2D eigenvalue weighted by molar-refractivity contribution is 5.93. The van der Waals surface area contributed by atoms with E-state index in [-0.39, 0.29) is 12.2 Å². The van der Waals surface area contributed by atoms with Gasteiger partial charge in [-0.05, 0) is 6.42 Å². The summed E-state index contributed by atoms with van der Waals surface area (Å²) >= 11 is 0. The van der Waals surface area contributed by atoms with E-state index in [2.05, 4.69) is 0 Å². The van der Waals surface area contributed by atoms with Crippen LogP contribution in [-0.2, 0) is 9.59 Å². The van der Waals surface area contributed by atoms with Gasteiger partial charge in [0.25, 0.3) is 0 Å². The molecule has 0 fully saturated rings. The summed E-state index contributed by atoms with van der Waals surface area (Å²) in [5.41, 5.74) is 5.41. The van der Waals surface area contributed by atoms with Gasteiger partial charge >= 0.3 is 0 Å². The van der Waals surface area contributed by atoms with Crippen molar-refractivity contribution in [1.82, 2.24) is 0 Å². The molecule has 0 aliphatic carbocycles. The molecule has 0 heterocycles. The van der Waals surface area contributed by atoms with Crippen LogP contribution in [0.2, 0.25) is 0 Å². The van der Waals surface area contributed by atoms with Gasteiger partial charge in [0.1, 0.15) is 6.29 Å². The monoisotopic (exact) mass is 143 g/mol. The smallest absolute Gasteiger partial charge is 0.156 e. The molecule has 3 heteroatoms. The van der Waals surface area contributed by atoms with Gasteiger partial charge in [0, 0.05) is 0 Å². The molecule has 0 spiro atoms. The molecule has 0 aliphatic rings. The molecule has 0 aromatic carbocycles. The second-order valence-electron chi connectivity index (χ2n) is 2.23. The predicted molar refractivity (Wildman–Crippen MR) is 38.6 cm³/mol. The third-order valence-corrected chi connectivity index (χ3v) is 1.30. The van der Waals surface area contributed by atoms with Crippen molar-refractivity contribution < 1.29 is 9.59 Å². The molecule has 0 amide bonds. The Hall–Kier alpha value is -0.700. The van der Waals surface area contributed by atoms with Crippen LogP contribution < -0.4 is 5.73 Å². The molecule has 10 heavy (non-hydrogen) atoms. The molecule has 1 unspecified atom stereocenters. The first-order valence-corrected chi connectivity index (χ1v) is 3.44. The van der Waals surface area contributed by atoms with Gasteiger partial charge < -0.3 is 10.5 Å². The fourth-order valence-electron chi connectivity index (χ4n) is 0.705. The molecular formula is C7H13NO2. The van der Waals surface area contributed by atoms with E-state index in [4.69, 9.17) is 5.73 Å². The summed E-state index contributed by atoms with van der Waals surface area (Å²) in [5, 5.41) is 0. The minimum absolute atomic E-state index is 0.0405. The van der Waals surface area contributed by atoms with Crippen molar-refractivity contribution in [3.05, 3.63) is 0 Å². The summed E-state index contributed by atoms with van der Waals surface area (Å²) in [4.78, 5) is 20.6. The summed E-state index contributed by atoms with van der Waals surface area (Å²) in [6.45, 7) is 1.95. The Labute approximate surface area is 60.6 Å². The predicted octanol–water partition coefficient (Wildman–Crippen LogP) is 0.272. The molecule has 2 N–H and O–H groups in total. The highest BCUT2D eigenvalue weighted by Gasteiger charge is 2.10. The van der Waals surface area contributed by atoms with Crippen molar-refractivity contribution in [3.63, 3.8) is 0 Å². The van der Waals surface area contributed by atoms with Crippen LogP contribution in [0.5, 0.6) is 0 Å². The molecule has 0 radical (unpaired) electrons. The second-order valence-corrected chi connectivity index (χ2v) is 2.23. The number of hydrogen-bond donors (Lipinski definition) is 1. The van der Waals surface area contributed by atoms with E-state index < -0.39 is 6.04 Å². The number of hydrogen-bond acceptors (Lipinski definition) is 3. The van der Waals surface area contributed by atoms with Crippen molar-refractivity contribution in [2.24, 2.45) is 5.73 Å².